The Morgan fingerprint density at radius 2 is 1.87 bits per heavy atom. The molecule has 7 nitrogen and oxygen atoms in total. The quantitative estimate of drug-likeness (QED) is 0.381. The fourth-order valence-corrected chi connectivity index (χ4v) is 3.24. The minimum Gasteiger partial charge on any atom is -0.292 e. The van der Waals surface area contributed by atoms with E-state index in [1.54, 1.807) is 42.9 Å². The van der Waals surface area contributed by atoms with Gasteiger partial charge in [-0.2, -0.15) is 18.2 Å². The third-order valence-corrected chi connectivity index (χ3v) is 4.86. The summed E-state index contributed by atoms with van der Waals surface area (Å²) in [5.41, 5.74) is 0.645. The predicted octanol–water partition coefficient (Wildman–Crippen LogP) is 3.94. The average molecular weight is 430 g/mol. The Morgan fingerprint density at radius 1 is 1.07 bits per heavy atom. The second kappa shape index (κ2) is 8.11. The molecule has 152 valence electrons. The van der Waals surface area contributed by atoms with Crippen molar-refractivity contribution in [2.24, 2.45) is 0 Å². The standard InChI is InChI=1S/C19H13F3N6OS/c20-19(21,22)14-4-1-3-12(9-14)13-5-6-15-25-17(27-28(15)10-13)26-16(29)11-30-18-23-7-2-8-24-18/h1-10H,11H2,(H,26,27,29). The number of nitrogens with zero attached hydrogens (tertiary/aromatic N) is 5. The van der Waals surface area contributed by atoms with E-state index in [2.05, 4.69) is 25.4 Å². The lowest BCUT2D eigenvalue weighted by Gasteiger charge is -2.08. The van der Waals surface area contributed by atoms with Crippen LogP contribution in [-0.4, -0.2) is 36.2 Å². The van der Waals surface area contributed by atoms with Crippen LogP contribution >= 0.6 is 11.8 Å². The molecule has 4 aromatic rings. The third kappa shape index (κ3) is 4.57. The molecule has 4 rings (SSSR count). The number of benzene rings is 1. The third-order valence-electron chi connectivity index (χ3n) is 3.98. The van der Waals surface area contributed by atoms with Gasteiger partial charge in [0.1, 0.15) is 0 Å². The van der Waals surface area contributed by atoms with Crippen molar-refractivity contribution in [3.63, 3.8) is 0 Å². The van der Waals surface area contributed by atoms with Crippen LogP contribution in [-0.2, 0) is 11.0 Å². The van der Waals surface area contributed by atoms with Gasteiger partial charge in [0.25, 0.3) is 0 Å². The molecule has 3 aromatic heterocycles. The molecular formula is C19H13F3N6OS. The van der Waals surface area contributed by atoms with Gasteiger partial charge in [-0.05, 0) is 35.9 Å². The van der Waals surface area contributed by atoms with Gasteiger partial charge in [0.2, 0.25) is 11.9 Å². The maximum atomic E-state index is 13.0. The van der Waals surface area contributed by atoms with E-state index in [0.717, 1.165) is 12.1 Å². The van der Waals surface area contributed by atoms with Gasteiger partial charge in [-0.1, -0.05) is 23.9 Å². The fourth-order valence-electron chi connectivity index (χ4n) is 2.63. The van der Waals surface area contributed by atoms with E-state index in [4.69, 9.17) is 0 Å². The normalized spacial score (nSPS) is 11.6. The molecule has 0 fully saturated rings. The van der Waals surface area contributed by atoms with Crippen LogP contribution in [0.25, 0.3) is 16.8 Å². The van der Waals surface area contributed by atoms with Gasteiger partial charge in [-0.3, -0.25) is 10.1 Å². The summed E-state index contributed by atoms with van der Waals surface area (Å²) in [6.07, 6.45) is 0.297. The molecule has 3 heterocycles. The molecule has 0 saturated heterocycles. The predicted molar refractivity (Wildman–Crippen MR) is 105 cm³/mol. The number of halogens is 3. The van der Waals surface area contributed by atoms with Gasteiger partial charge in [-0.15, -0.1) is 5.10 Å². The van der Waals surface area contributed by atoms with E-state index in [-0.39, 0.29) is 17.6 Å². The zero-order valence-electron chi connectivity index (χ0n) is 15.2. The number of alkyl halides is 3. The number of amides is 1. The van der Waals surface area contributed by atoms with E-state index < -0.39 is 11.7 Å². The first kappa shape index (κ1) is 19.8. The van der Waals surface area contributed by atoms with Crippen molar-refractivity contribution in [2.75, 3.05) is 11.1 Å². The van der Waals surface area contributed by atoms with Crippen molar-refractivity contribution in [3.05, 3.63) is 66.6 Å². The maximum Gasteiger partial charge on any atom is 0.416 e. The molecule has 0 aliphatic rings. The van der Waals surface area contributed by atoms with Crippen molar-refractivity contribution in [1.82, 2.24) is 24.6 Å². The number of nitrogens with one attached hydrogen (secondary N) is 1. The first-order valence-corrected chi connectivity index (χ1v) is 9.61. The summed E-state index contributed by atoms with van der Waals surface area (Å²) in [6, 6.07) is 9.96. The van der Waals surface area contributed by atoms with Gasteiger partial charge < -0.3 is 0 Å². The number of hydrogen-bond donors (Lipinski definition) is 1. The Kier molecular flexibility index (Phi) is 5.36. The largest absolute Gasteiger partial charge is 0.416 e. The first-order valence-electron chi connectivity index (χ1n) is 8.62. The molecule has 0 unspecified atom stereocenters. The number of carbonyl (C=O) groups is 1. The zero-order valence-corrected chi connectivity index (χ0v) is 16.0. The van der Waals surface area contributed by atoms with Crippen LogP contribution in [0.5, 0.6) is 0 Å². The van der Waals surface area contributed by atoms with Crippen molar-refractivity contribution >= 4 is 29.3 Å². The highest BCUT2D eigenvalue weighted by Gasteiger charge is 2.30. The van der Waals surface area contributed by atoms with Crippen molar-refractivity contribution in [3.8, 4) is 11.1 Å². The summed E-state index contributed by atoms with van der Waals surface area (Å²) in [5, 5.41) is 7.23. The molecule has 0 atom stereocenters. The van der Waals surface area contributed by atoms with E-state index in [9.17, 15) is 18.0 Å². The Balaban J connectivity index is 1.49. The lowest BCUT2D eigenvalue weighted by molar-refractivity contribution is -0.137. The number of rotatable bonds is 5. The van der Waals surface area contributed by atoms with Crippen molar-refractivity contribution < 1.29 is 18.0 Å². The molecule has 30 heavy (non-hydrogen) atoms. The second-order valence-corrected chi connectivity index (χ2v) is 7.05. The second-order valence-electron chi connectivity index (χ2n) is 6.10. The van der Waals surface area contributed by atoms with E-state index >= 15 is 0 Å². The fraction of sp³-hybridized carbons (Fsp3) is 0.105. The van der Waals surface area contributed by atoms with Crippen LogP contribution in [0, 0.1) is 0 Å². The molecule has 1 N–H and O–H groups in total. The van der Waals surface area contributed by atoms with Crippen LogP contribution in [0.2, 0.25) is 0 Å². The summed E-state index contributed by atoms with van der Waals surface area (Å²) in [6.45, 7) is 0. The van der Waals surface area contributed by atoms with Gasteiger partial charge in [0.15, 0.2) is 10.8 Å². The summed E-state index contributed by atoms with van der Waals surface area (Å²) < 4.78 is 40.3. The number of carbonyl (C=O) groups excluding carboxylic acids is 1. The van der Waals surface area contributed by atoms with Crippen molar-refractivity contribution in [2.45, 2.75) is 11.3 Å². The van der Waals surface area contributed by atoms with Crippen LogP contribution in [0.1, 0.15) is 5.56 Å². The average Bonchev–Trinajstić information content (AvgIpc) is 3.14. The molecule has 1 amide bonds. The van der Waals surface area contributed by atoms with Crippen LogP contribution < -0.4 is 5.32 Å². The zero-order chi connectivity index (χ0) is 21.1. The maximum absolute atomic E-state index is 13.0. The summed E-state index contributed by atoms with van der Waals surface area (Å²) in [4.78, 5) is 24.3. The highest BCUT2D eigenvalue weighted by molar-refractivity contribution is 7.99. The van der Waals surface area contributed by atoms with Crippen LogP contribution in [0.15, 0.2) is 66.2 Å². The monoisotopic (exact) mass is 430 g/mol. The van der Waals surface area contributed by atoms with Crippen LogP contribution in [0.3, 0.4) is 0 Å². The Labute approximate surface area is 172 Å². The topological polar surface area (TPSA) is 85.1 Å². The first-order chi connectivity index (χ1) is 14.4. The minimum atomic E-state index is -4.42. The van der Waals surface area contributed by atoms with E-state index in [1.165, 1.54) is 22.3 Å². The van der Waals surface area contributed by atoms with E-state index in [0.29, 0.717) is 21.9 Å². The van der Waals surface area contributed by atoms with Gasteiger partial charge in [0, 0.05) is 24.2 Å². The Bertz CT molecular complexity index is 1200. The molecule has 0 aliphatic carbocycles. The highest BCUT2D eigenvalue weighted by atomic mass is 32.2. The molecule has 0 bridgehead atoms. The Morgan fingerprint density at radius 3 is 2.63 bits per heavy atom. The number of fused-ring (bicyclic) bond motifs is 1. The van der Waals surface area contributed by atoms with Gasteiger partial charge in [0.05, 0.1) is 11.3 Å². The summed E-state index contributed by atoms with van der Waals surface area (Å²) in [7, 11) is 0. The van der Waals surface area contributed by atoms with Gasteiger partial charge in [-0.25, -0.2) is 14.5 Å². The van der Waals surface area contributed by atoms with Gasteiger partial charge >= 0.3 is 6.18 Å². The number of aromatic nitrogens is 5. The van der Waals surface area contributed by atoms with Crippen LogP contribution in [0.4, 0.5) is 19.1 Å². The molecule has 0 radical (unpaired) electrons. The minimum absolute atomic E-state index is 0.0784. The SMILES string of the molecule is O=C(CSc1ncccn1)Nc1nc2ccc(-c3cccc(C(F)(F)F)c3)cn2n1. The lowest BCUT2D eigenvalue weighted by Crippen LogP contribution is -2.15. The molecule has 1 aromatic carbocycles. The lowest BCUT2D eigenvalue weighted by atomic mass is 10.0. The molecule has 0 spiro atoms. The molecular weight excluding hydrogens is 417 g/mol. The number of thioether (sulfide) groups is 1. The Hall–Kier alpha value is -3.47. The molecule has 0 saturated carbocycles. The highest BCUT2D eigenvalue weighted by Crippen LogP contribution is 2.32. The summed E-state index contributed by atoms with van der Waals surface area (Å²) >= 11 is 1.17. The number of pyridine rings is 1. The smallest absolute Gasteiger partial charge is 0.292 e. The molecule has 11 heteroatoms. The molecule has 0 aliphatic heterocycles. The number of hydrogen-bond acceptors (Lipinski definition) is 6. The van der Waals surface area contributed by atoms with E-state index in [1.807, 2.05) is 0 Å². The number of anilines is 1. The summed E-state index contributed by atoms with van der Waals surface area (Å²) in [5.74, 6) is -0.160. The van der Waals surface area contributed by atoms with Crippen molar-refractivity contribution in [1.29, 1.82) is 0 Å².